The van der Waals surface area contributed by atoms with Gasteiger partial charge in [-0.15, -0.1) is 0 Å². The van der Waals surface area contributed by atoms with Crippen LogP contribution in [-0.2, 0) is 19.4 Å². The number of carboxylic acid groups (broad SMARTS) is 1. The van der Waals surface area contributed by atoms with E-state index in [9.17, 15) is 9.90 Å². The van der Waals surface area contributed by atoms with Gasteiger partial charge in [-0.05, 0) is 46.1 Å². The summed E-state index contributed by atoms with van der Waals surface area (Å²) in [4.78, 5) is 25.6. The Bertz CT molecular complexity index is 865. The third-order valence-corrected chi connectivity index (χ3v) is 5.91. The third-order valence-electron chi connectivity index (χ3n) is 5.91. The van der Waals surface area contributed by atoms with Crippen LogP contribution in [0.2, 0.25) is 0 Å². The lowest BCUT2D eigenvalue weighted by Crippen LogP contribution is -2.52. The van der Waals surface area contributed by atoms with Crippen molar-refractivity contribution in [2.75, 3.05) is 31.1 Å². The molecule has 0 saturated carbocycles. The number of carbonyl (C=O) groups is 1. The van der Waals surface area contributed by atoms with Crippen LogP contribution >= 0.6 is 0 Å². The lowest BCUT2D eigenvalue weighted by molar-refractivity contribution is 0.0687. The molecule has 4 rings (SSSR count). The second-order valence-corrected chi connectivity index (χ2v) is 7.77. The lowest BCUT2D eigenvalue weighted by Gasteiger charge is -2.40. The third kappa shape index (κ3) is 3.48. The highest BCUT2D eigenvalue weighted by atomic mass is 16.4. The summed E-state index contributed by atoms with van der Waals surface area (Å²) in [5.74, 6) is -0.0960. The van der Waals surface area contributed by atoms with Crippen molar-refractivity contribution in [1.82, 2.24) is 24.6 Å². The molecule has 1 unspecified atom stereocenters. The predicted molar refractivity (Wildman–Crippen MR) is 106 cm³/mol. The Hall–Kier alpha value is -2.48. The van der Waals surface area contributed by atoms with Crippen LogP contribution in [0.4, 0.5) is 5.95 Å². The number of fused-ring (bicyclic) bond motifs is 1. The van der Waals surface area contributed by atoms with Crippen LogP contribution in [-0.4, -0.2) is 67.9 Å². The van der Waals surface area contributed by atoms with Crippen LogP contribution in [0.25, 0.3) is 0 Å². The van der Waals surface area contributed by atoms with E-state index in [4.69, 9.17) is 0 Å². The van der Waals surface area contributed by atoms with Crippen molar-refractivity contribution in [1.29, 1.82) is 0 Å². The van der Waals surface area contributed by atoms with E-state index in [1.54, 1.807) is 0 Å². The zero-order valence-corrected chi connectivity index (χ0v) is 16.9. The maximum Gasteiger partial charge on any atom is 0.356 e. The van der Waals surface area contributed by atoms with E-state index in [0.717, 1.165) is 80.6 Å². The molecule has 0 bridgehead atoms. The molecule has 1 aliphatic carbocycles. The second-order valence-electron chi connectivity index (χ2n) is 7.77. The normalized spacial score (nSPS) is 20.2. The Balaban J connectivity index is 1.45. The summed E-state index contributed by atoms with van der Waals surface area (Å²) in [5, 5.41) is 13.9. The van der Waals surface area contributed by atoms with Crippen LogP contribution in [0, 0.1) is 13.8 Å². The van der Waals surface area contributed by atoms with Crippen molar-refractivity contribution < 1.29 is 9.90 Å². The topological polar surface area (TPSA) is 87.4 Å². The van der Waals surface area contributed by atoms with Gasteiger partial charge in [-0.3, -0.25) is 9.58 Å². The highest BCUT2D eigenvalue weighted by Gasteiger charge is 2.33. The molecular formula is C20H28N6O2. The van der Waals surface area contributed by atoms with Crippen molar-refractivity contribution in [2.24, 2.45) is 0 Å². The van der Waals surface area contributed by atoms with Crippen molar-refractivity contribution in [3.63, 3.8) is 0 Å². The summed E-state index contributed by atoms with van der Waals surface area (Å²) in [6.45, 7) is 10.4. The Morgan fingerprint density at radius 3 is 2.46 bits per heavy atom. The van der Waals surface area contributed by atoms with Crippen LogP contribution in [0.1, 0.15) is 46.5 Å². The van der Waals surface area contributed by atoms with Gasteiger partial charge in [0, 0.05) is 61.4 Å². The predicted octanol–water partition coefficient (Wildman–Crippen LogP) is 1.69. The number of carboxylic acids is 1. The van der Waals surface area contributed by atoms with Crippen LogP contribution in [0.5, 0.6) is 0 Å². The first kappa shape index (κ1) is 18.9. The minimum Gasteiger partial charge on any atom is -0.476 e. The van der Waals surface area contributed by atoms with E-state index < -0.39 is 5.97 Å². The number of hydrogen-bond donors (Lipinski definition) is 1. The Morgan fingerprint density at radius 2 is 1.86 bits per heavy atom. The number of piperazine rings is 1. The molecule has 2 aromatic rings. The van der Waals surface area contributed by atoms with Gasteiger partial charge in [-0.1, -0.05) is 0 Å². The van der Waals surface area contributed by atoms with E-state index in [1.165, 1.54) is 0 Å². The molecule has 2 aromatic heterocycles. The Morgan fingerprint density at radius 1 is 1.18 bits per heavy atom. The first-order valence-electron chi connectivity index (χ1n) is 10.1. The summed E-state index contributed by atoms with van der Waals surface area (Å²) >= 11 is 0. The molecule has 0 aromatic carbocycles. The smallest absolute Gasteiger partial charge is 0.356 e. The van der Waals surface area contributed by atoms with Gasteiger partial charge in [-0.2, -0.15) is 5.10 Å². The number of hydrogen-bond acceptors (Lipinski definition) is 6. The average Bonchev–Trinajstić information content (AvgIpc) is 3.05. The van der Waals surface area contributed by atoms with E-state index >= 15 is 0 Å². The van der Waals surface area contributed by atoms with Gasteiger partial charge in [-0.25, -0.2) is 14.8 Å². The molecule has 0 spiro atoms. The summed E-state index contributed by atoms with van der Waals surface area (Å²) < 4.78 is 1.87. The van der Waals surface area contributed by atoms with Crippen molar-refractivity contribution in [3.05, 3.63) is 34.4 Å². The van der Waals surface area contributed by atoms with E-state index in [2.05, 4.69) is 24.9 Å². The Kier molecular flexibility index (Phi) is 5.05. The van der Waals surface area contributed by atoms with Gasteiger partial charge < -0.3 is 10.0 Å². The van der Waals surface area contributed by atoms with E-state index in [-0.39, 0.29) is 5.69 Å². The molecule has 1 atom stereocenters. The highest BCUT2D eigenvalue weighted by Crippen LogP contribution is 2.28. The lowest BCUT2D eigenvalue weighted by atomic mass is 9.90. The standard InChI is InChI=1S/C20H28N6O2/c1-4-26-17-6-5-15(12-16(17)18(23-26)19(27)28)24-7-9-25(10-8-24)20-21-13(2)11-14(3)22-20/h11,15H,4-10,12H2,1-3H3,(H,27,28). The van der Waals surface area contributed by atoms with Crippen LogP contribution in [0.15, 0.2) is 6.07 Å². The quantitative estimate of drug-likeness (QED) is 0.858. The first-order valence-corrected chi connectivity index (χ1v) is 10.1. The number of rotatable bonds is 4. The average molecular weight is 384 g/mol. The fourth-order valence-electron chi connectivity index (χ4n) is 4.55. The molecule has 1 fully saturated rings. The fraction of sp³-hybridized carbons (Fsp3) is 0.600. The van der Waals surface area contributed by atoms with Gasteiger partial charge >= 0.3 is 5.97 Å². The van der Waals surface area contributed by atoms with Crippen molar-refractivity contribution >= 4 is 11.9 Å². The SMILES string of the molecule is CCn1nc(C(=O)O)c2c1CCC(N1CCN(c3nc(C)cc(C)n3)CC1)C2. The van der Waals surface area contributed by atoms with Gasteiger partial charge in [0.05, 0.1) is 0 Å². The molecule has 1 aliphatic heterocycles. The van der Waals surface area contributed by atoms with Crippen molar-refractivity contribution in [2.45, 2.75) is 52.6 Å². The molecule has 3 heterocycles. The summed E-state index contributed by atoms with van der Waals surface area (Å²) in [6.07, 6.45) is 2.73. The molecule has 1 N–H and O–H groups in total. The highest BCUT2D eigenvalue weighted by molar-refractivity contribution is 5.87. The first-order chi connectivity index (χ1) is 13.5. The molecule has 1 saturated heterocycles. The molecular weight excluding hydrogens is 356 g/mol. The summed E-state index contributed by atoms with van der Waals surface area (Å²) in [5.41, 5.74) is 4.28. The largest absolute Gasteiger partial charge is 0.476 e. The van der Waals surface area contributed by atoms with Gasteiger partial charge in [0.1, 0.15) is 0 Å². The number of aryl methyl sites for hydroxylation is 3. The summed E-state index contributed by atoms with van der Waals surface area (Å²) in [7, 11) is 0. The molecule has 150 valence electrons. The summed E-state index contributed by atoms with van der Waals surface area (Å²) in [6, 6.07) is 2.37. The number of aromatic carboxylic acids is 1. The molecule has 8 heteroatoms. The van der Waals surface area contributed by atoms with Crippen LogP contribution in [0.3, 0.4) is 0 Å². The number of aromatic nitrogens is 4. The zero-order valence-electron chi connectivity index (χ0n) is 16.9. The maximum atomic E-state index is 11.6. The fourth-order valence-corrected chi connectivity index (χ4v) is 4.55. The molecule has 2 aliphatic rings. The molecule has 8 nitrogen and oxygen atoms in total. The minimum absolute atomic E-state index is 0.240. The molecule has 0 amide bonds. The van der Waals surface area contributed by atoms with Crippen LogP contribution < -0.4 is 4.90 Å². The van der Waals surface area contributed by atoms with Gasteiger partial charge in [0.25, 0.3) is 0 Å². The number of nitrogens with zero attached hydrogens (tertiary/aromatic N) is 6. The Labute approximate surface area is 165 Å². The van der Waals surface area contributed by atoms with Crippen molar-refractivity contribution in [3.8, 4) is 0 Å². The maximum absolute atomic E-state index is 11.6. The van der Waals surface area contributed by atoms with Gasteiger partial charge in [0.2, 0.25) is 5.95 Å². The van der Waals surface area contributed by atoms with Gasteiger partial charge in [0.15, 0.2) is 5.69 Å². The molecule has 0 radical (unpaired) electrons. The van der Waals surface area contributed by atoms with E-state index in [0.29, 0.717) is 6.04 Å². The minimum atomic E-state index is -0.916. The monoisotopic (exact) mass is 384 g/mol. The molecule has 28 heavy (non-hydrogen) atoms. The number of anilines is 1. The zero-order chi connectivity index (χ0) is 19.8. The second kappa shape index (κ2) is 7.50. The van der Waals surface area contributed by atoms with E-state index in [1.807, 2.05) is 31.5 Å².